The minimum absolute atomic E-state index is 0.0892. The lowest BCUT2D eigenvalue weighted by atomic mass is 10.4. The molecule has 0 fully saturated rings. The van der Waals surface area contributed by atoms with Crippen LogP contribution in [-0.2, 0) is 19.0 Å². The third kappa shape index (κ3) is 7.81. The van der Waals surface area contributed by atoms with Gasteiger partial charge in [0.2, 0.25) is 0 Å². The third-order valence-electron chi connectivity index (χ3n) is 1.15. The maximum absolute atomic E-state index is 10.8. The second-order valence-corrected chi connectivity index (χ2v) is 4.31. The van der Waals surface area contributed by atoms with Crippen molar-refractivity contribution in [2.45, 2.75) is 20.0 Å². The Kier molecular flexibility index (Phi) is 5.47. The number of rotatable bonds is 5. The van der Waals surface area contributed by atoms with Crippen LogP contribution in [-0.4, -0.2) is 40.0 Å². The third-order valence-corrected chi connectivity index (χ3v) is 1.83. The van der Waals surface area contributed by atoms with Crippen LogP contribution >= 0.6 is 0 Å². The van der Waals surface area contributed by atoms with Crippen molar-refractivity contribution < 1.29 is 22.1 Å². The first-order valence-corrected chi connectivity index (χ1v) is 5.95. The van der Waals surface area contributed by atoms with Crippen LogP contribution < -0.4 is 5.32 Å². The van der Waals surface area contributed by atoms with Gasteiger partial charge in [-0.1, -0.05) is 0 Å². The highest BCUT2D eigenvalue weighted by Crippen LogP contribution is 1.95. The summed E-state index contributed by atoms with van der Waals surface area (Å²) in [5.74, 6) is 0. The summed E-state index contributed by atoms with van der Waals surface area (Å²) in [5, 5.41) is 2.36. The minimum atomic E-state index is -3.48. The van der Waals surface area contributed by atoms with Crippen LogP contribution in [0.4, 0.5) is 4.79 Å². The van der Waals surface area contributed by atoms with Crippen molar-refractivity contribution in [1.82, 2.24) is 5.32 Å². The van der Waals surface area contributed by atoms with Crippen LogP contribution in [0.1, 0.15) is 13.8 Å². The molecule has 0 saturated carbocycles. The number of nitrogens with one attached hydrogen (secondary N) is 1. The molecular weight excluding hydrogens is 210 g/mol. The average Bonchev–Trinajstić information content (AvgIpc) is 1.98. The first kappa shape index (κ1) is 13.2. The van der Waals surface area contributed by atoms with Gasteiger partial charge in [-0.15, -0.1) is 0 Å². The van der Waals surface area contributed by atoms with E-state index < -0.39 is 22.3 Å². The lowest BCUT2D eigenvalue weighted by Gasteiger charge is -2.11. The average molecular weight is 225 g/mol. The van der Waals surface area contributed by atoms with Crippen molar-refractivity contribution in [3.05, 3.63) is 0 Å². The van der Waals surface area contributed by atoms with E-state index in [0.29, 0.717) is 0 Å². The van der Waals surface area contributed by atoms with E-state index in [1.54, 1.807) is 6.92 Å². The van der Waals surface area contributed by atoms with Gasteiger partial charge in [0.25, 0.3) is 10.1 Å². The van der Waals surface area contributed by atoms with E-state index >= 15 is 0 Å². The van der Waals surface area contributed by atoms with Gasteiger partial charge in [-0.3, -0.25) is 4.18 Å². The molecule has 0 saturated heterocycles. The van der Waals surface area contributed by atoms with Gasteiger partial charge in [0, 0.05) is 6.54 Å². The van der Waals surface area contributed by atoms with Crippen LogP contribution in [0.3, 0.4) is 0 Å². The number of amides is 1. The SMILES string of the molecule is CCOC(=O)NCC(C)OS(C)(=O)=O. The quantitative estimate of drug-likeness (QED) is 0.671. The molecule has 0 bridgehead atoms. The molecule has 0 radical (unpaired) electrons. The summed E-state index contributed by atoms with van der Waals surface area (Å²) in [6, 6.07) is 0. The van der Waals surface area contributed by atoms with E-state index in [9.17, 15) is 13.2 Å². The lowest BCUT2D eigenvalue weighted by molar-refractivity contribution is 0.144. The van der Waals surface area contributed by atoms with Crippen molar-refractivity contribution in [2.75, 3.05) is 19.4 Å². The second kappa shape index (κ2) is 5.82. The Morgan fingerprint density at radius 2 is 2.07 bits per heavy atom. The Morgan fingerprint density at radius 3 is 2.50 bits per heavy atom. The fourth-order valence-electron chi connectivity index (χ4n) is 0.742. The van der Waals surface area contributed by atoms with Crippen LogP contribution in [0.25, 0.3) is 0 Å². The van der Waals surface area contributed by atoms with Crippen molar-refractivity contribution in [3.63, 3.8) is 0 Å². The van der Waals surface area contributed by atoms with Crippen molar-refractivity contribution in [1.29, 1.82) is 0 Å². The molecule has 0 heterocycles. The number of hydrogen-bond donors (Lipinski definition) is 1. The van der Waals surface area contributed by atoms with Gasteiger partial charge in [0.05, 0.1) is 19.0 Å². The van der Waals surface area contributed by atoms with E-state index in [0.717, 1.165) is 6.26 Å². The fraction of sp³-hybridized carbons (Fsp3) is 0.857. The molecule has 0 aromatic heterocycles. The standard InChI is InChI=1S/C7H15NO5S/c1-4-12-7(9)8-5-6(2)13-14(3,10)11/h6H,4-5H2,1-3H3,(H,8,9). The number of ether oxygens (including phenoxy) is 1. The van der Waals surface area contributed by atoms with E-state index in [-0.39, 0.29) is 13.2 Å². The molecule has 1 N–H and O–H groups in total. The largest absolute Gasteiger partial charge is 0.450 e. The highest BCUT2D eigenvalue weighted by atomic mass is 32.2. The smallest absolute Gasteiger partial charge is 0.407 e. The Hall–Kier alpha value is -0.820. The molecule has 84 valence electrons. The van der Waals surface area contributed by atoms with Gasteiger partial charge >= 0.3 is 6.09 Å². The second-order valence-electron chi connectivity index (χ2n) is 2.71. The molecular formula is C7H15NO5S. The van der Waals surface area contributed by atoms with Crippen LogP contribution in [0.5, 0.6) is 0 Å². The zero-order valence-electron chi connectivity index (χ0n) is 8.44. The molecule has 0 aliphatic carbocycles. The predicted molar refractivity (Wildman–Crippen MR) is 50.4 cm³/mol. The molecule has 7 heteroatoms. The predicted octanol–water partition coefficient (Wildman–Crippen LogP) is 0.0972. The van der Waals surface area contributed by atoms with Gasteiger partial charge in [-0.05, 0) is 13.8 Å². The van der Waals surface area contributed by atoms with Crippen LogP contribution in [0, 0.1) is 0 Å². The zero-order valence-corrected chi connectivity index (χ0v) is 9.26. The molecule has 1 amide bonds. The molecule has 0 rings (SSSR count). The van der Waals surface area contributed by atoms with Crippen LogP contribution in [0.2, 0.25) is 0 Å². The number of carbonyl (C=O) groups is 1. The Labute approximate surface area is 83.7 Å². The summed E-state index contributed by atoms with van der Waals surface area (Å²) in [6.45, 7) is 3.57. The van der Waals surface area contributed by atoms with Crippen molar-refractivity contribution in [2.24, 2.45) is 0 Å². The molecule has 0 aromatic rings. The maximum atomic E-state index is 10.8. The van der Waals surface area contributed by atoms with E-state index in [2.05, 4.69) is 14.2 Å². The summed E-state index contributed by atoms with van der Waals surface area (Å²) in [5.41, 5.74) is 0. The topological polar surface area (TPSA) is 81.7 Å². The molecule has 1 unspecified atom stereocenters. The normalized spacial score (nSPS) is 13.4. The highest BCUT2D eigenvalue weighted by molar-refractivity contribution is 7.86. The number of carbonyl (C=O) groups excluding carboxylic acids is 1. The summed E-state index contributed by atoms with van der Waals surface area (Å²) in [7, 11) is -3.48. The van der Waals surface area contributed by atoms with E-state index in [4.69, 9.17) is 0 Å². The van der Waals surface area contributed by atoms with Crippen LogP contribution in [0.15, 0.2) is 0 Å². The number of alkyl carbamates (subject to hydrolysis) is 1. The zero-order chi connectivity index (χ0) is 11.2. The molecule has 0 aromatic carbocycles. The molecule has 14 heavy (non-hydrogen) atoms. The van der Waals surface area contributed by atoms with Gasteiger partial charge < -0.3 is 10.1 Å². The van der Waals surface area contributed by atoms with Crippen molar-refractivity contribution in [3.8, 4) is 0 Å². The Bertz CT molecular complexity index is 274. The van der Waals surface area contributed by atoms with Gasteiger partial charge in [-0.2, -0.15) is 8.42 Å². The molecule has 6 nitrogen and oxygen atoms in total. The van der Waals surface area contributed by atoms with Gasteiger partial charge in [0.1, 0.15) is 0 Å². The Morgan fingerprint density at radius 1 is 1.50 bits per heavy atom. The van der Waals surface area contributed by atoms with Crippen molar-refractivity contribution >= 4 is 16.2 Å². The molecule has 1 atom stereocenters. The first-order chi connectivity index (χ1) is 6.35. The minimum Gasteiger partial charge on any atom is -0.450 e. The summed E-state index contributed by atoms with van der Waals surface area (Å²) >= 11 is 0. The van der Waals surface area contributed by atoms with Gasteiger partial charge in [-0.25, -0.2) is 4.79 Å². The Balaban J connectivity index is 3.74. The van der Waals surface area contributed by atoms with Gasteiger partial charge in [0.15, 0.2) is 0 Å². The molecule has 0 aliphatic heterocycles. The van der Waals surface area contributed by atoms with E-state index in [1.165, 1.54) is 6.92 Å². The maximum Gasteiger partial charge on any atom is 0.407 e. The summed E-state index contributed by atoms with van der Waals surface area (Å²) in [6.07, 6.45) is -0.237. The first-order valence-electron chi connectivity index (χ1n) is 4.14. The number of hydrogen-bond acceptors (Lipinski definition) is 5. The molecule has 0 spiro atoms. The lowest BCUT2D eigenvalue weighted by Crippen LogP contribution is -2.33. The summed E-state index contributed by atoms with van der Waals surface area (Å²) < 4.78 is 30.4. The molecule has 0 aliphatic rings. The summed E-state index contributed by atoms with van der Waals surface area (Å²) in [4.78, 5) is 10.8. The fourth-order valence-corrected chi connectivity index (χ4v) is 1.41. The monoisotopic (exact) mass is 225 g/mol. The highest BCUT2D eigenvalue weighted by Gasteiger charge is 2.11. The van der Waals surface area contributed by atoms with E-state index in [1.807, 2.05) is 0 Å².